The zero-order valence-electron chi connectivity index (χ0n) is 13.7. The quantitative estimate of drug-likeness (QED) is 0.894. The highest BCUT2D eigenvalue weighted by atomic mass is 19.4. The van der Waals surface area contributed by atoms with Crippen LogP contribution in [0, 0.1) is 12.3 Å². The van der Waals surface area contributed by atoms with E-state index in [0.29, 0.717) is 0 Å². The SMILES string of the molecule is Cc1cccc2ccc(C(N3CC(C)(C)C(=O)N3)C(F)(F)F)cc12. The van der Waals surface area contributed by atoms with Crippen molar-refractivity contribution in [3.05, 3.63) is 47.5 Å². The van der Waals surface area contributed by atoms with Crippen LogP contribution in [0.3, 0.4) is 0 Å². The van der Waals surface area contributed by atoms with Crippen molar-refractivity contribution in [1.29, 1.82) is 0 Å². The molecular weight excluding hydrogens is 317 g/mol. The minimum atomic E-state index is -4.50. The normalized spacial score (nSPS) is 19.5. The maximum Gasteiger partial charge on any atom is 0.409 e. The molecule has 24 heavy (non-hydrogen) atoms. The first kappa shape index (κ1) is 16.8. The molecule has 1 aliphatic heterocycles. The Morgan fingerprint density at radius 1 is 1.21 bits per heavy atom. The summed E-state index contributed by atoms with van der Waals surface area (Å²) < 4.78 is 41.2. The second-order valence-electron chi connectivity index (χ2n) is 6.95. The van der Waals surface area contributed by atoms with Crippen molar-refractivity contribution >= 4 is 16.7 Å². The summed E-state index contributed by atoms with van der Waals surface area (Å²) in [7, 11) is 0. The van der Waals surface area contributed by atoms with E-state index < -0.39 is 23.5 Å². The number of carbonyl (C=O) groups excluding carboxylic acids is 1. The fourth-order valence-corrected chi connectivity index (χ4v) is 3.14. The molecule has 1 atom stereocenters. The van der Waals surface area contributed by atoms with Gasteiger partial charge in [0.2, 0.25) is 5.91 Å². The molecule has 1 fully saturated rings. The first-order valence-electron chi connectivity index (χ1n) is 7.73. The summed E-state index contributed by atoms with van der Waals surface area (Å²) in [5.41, 5.74) is 2.58. The van der Waals surface area contributed by atoms with Crippen LogP contribution < -0.4 is 5.43 Å². The van der Waals surface area contributed by atoms with E-state index in [1.165, 1.54) is 6.07 Å². The number of nitrogens with one attached hydrogen (secondary N) is 1. The third kappa shape index (κ3) is 2.86. The van der Waals surface area contributed by atoms with Crippen LogP contribution in [0.25, 0.3) is 10.8 Å². The number of hydrogen-bond donors (Lipinski definition) is 1. The molecule has 1 unspecified atom stereocenters. The third-order valence-corrected chi connectivity index (χ3v) is 4.49. The van der Waals surface area contributed by atoms with Gasteiger partial charge in [0.05, 0.1) is 5.41 Å². The molecule has 6 heteroatoms. The van der Waals surface area contributed by atoms with Crippen LogP contribution in [-0.2, 0) is 4.79 Å². The van der Waals surface area contributed by atoms with Crippen molar-refractivity contribution in [2.24, 2.45) is 5.41 Å². The number of carbonyl (C=O) groups is 1. The smallest absolute Gasteiger partial charge is 0.287 e. The number of benzene rings is 2. The van der Waals surface area contributed by atoms with E-state index >= 15 is 0 Å². The van der Waals surface area contributed by atoms with Gasteiger partial charge in [-0.3, -0.25) is 10.2 Å². The van der Waals surface area contributed by atoms with Gasteiger partial charge < -0.3 is 0 Å². The highest BCUT2D eigenvalue weighted by molar-refractivity contribution is 5.86. The van der Waals surface area contributed by atoms with Crippen molar-refractivity contribution in [2.75, 3.05) is 6.54 Å². The molecule has 0 aromatic heterocycles. The molecule has 0 aliphatic carbocycles. The zero-order chi connectivity index (χ0) is 17.7. The van der Waals surface area contributed by atoms with Gasteiger partial charge in [-0.25, -0.2) is 5.01 Å². The first-order valence-corrected chi connectivity index (χ1v) is 7.73. The molecule has 2 aromatic carbocycles. The molecule has 1 N–H and O–H groups in total. The lowest BCUT2D eigenvalue weighted by Crippen LogP contribution is -2.43. The molecular formula is C18H19F3N2O. The van der Waals surface area contributed by atoms with Crippen LogP contribution in [0.15, 0.2) is 36.4 Å². The minimum Gasteiger partial charge on any atom is -0.287 e. The predicted molar refractivity (Wildman–Crippen MR) is 86.1 cm³/mol. The van der Waals surface area contributed by atoms with Crippen molar-refractivity contribution < 1.29 is 18.0 Å². The van der Waals surface area contributed by atoms with Gasteiger partial charge in [-0.2, -0.15) is 13.2 Å². The Morgan fingerprint density at radius 3 is 2.50 bits per heavy atom. The lowest BCUT2D eigenvalue weighted by atomic mass is 9.93. The molecule has 1 amide bonds. The van der Waals surface area contributed by atoms with Gasteiger partial charge in [0.15, 0.2) is 0 Å². The van der Waals surface area contributed by atoms with Gasteiger partial charge in [0.25, 0.3) is 0 Å². The highest BCUT2D eigenvalue weighted by Gasteiger charge is 2.51. The van der Waals surface area contributed by atoms with E-state index in [1.807, 2.05) is 25.1 Å². The lowest BCUT2D eigenvalue weighted by molar-refractivity contribution is -0.191. The average Bonchev–Trinajstić information content (AvgIpc) is 2.71. The number of aryl methyl sites for hydroxylation is 1. The summed E-state index contributed by atoms with van der Waals surface area (Å²) in [6, 6.07) is 8.50. The Labute approximate surface area is 138 Å². The van der Waals surface area contributed by atoms with Crippen LogP contribution in [0.4, 0.5) is 13.2 Å². The molecule has 0 bridgehead atoms. The number of alkyl halides is 3. The second-order valence-corrected chi connectivity index (χ2v) is 6.95. The predicted octanol–water partition coefficient (Wildman–Crippen LogP) is 4.12. The molecule has 2 aromatic rings. The lowest BCUT2D eigenvalue weighted by Gasteiger charge is -2.30. The molecule has 0 spiro atoms. The number of hydrogen-bond acceptors (Lipinski definition) is 2. The Bertz CT molecular complexity index is 798. The third-order valence-electron chi connectivity index (χ3n) is 4.49. The summed E-state index contributed by atoms with van der Waals surface area (Å²) in [4.78, 5) is 11.9. The number of nitrogens with zero attached hydrogens (tertiary/aromatic N) is 1. The number of fused-ring (bicyclic) bond motifs is 1. The maximum atomic E-state index is 13.7. The molecule has 0 saturated carbocycles. The van der Waals surface area contributed by atoms with E-state index in [1.54, 1.807) is 26.0 Å². The van der Waals surface area contributed by atoms with E-state index in [4.69, 9.17) is 0 Å². The zero-order valence-corrected chi connectivity index (χ0v) is 13.7. The van der Waals surface area contributed by atoms with Crippen LogP contribution in [0.2, 0.25) is 0 Å². The summed E-state index contributed by atoms with van der Waals surface area (Å²) in [5.74, 6) is -0.395. The summed E-state index contributed by atoms with van der Waals surface area (Å²) >= 11 is 0. The molecule has 3 nitrogen and oxygen atoms in total. The monoisotopic (exact) mass is 336 g/mol. The molecule has 3 rings (SSSR count). The van der Waals surface area contributed by atoms with E-state index in [9.17, 15) is 18.0 Å². The van der Waals surface area contributed by atoms with Crippen molar-refractivity contribution in [1.82, 2.24) is 10.4 Å². The molecule has 128 valence electrons. The largest absolute Gasteiger partial charge is 0.409 e. The fourth-order valence-electron chi connectivity index (χ4n) is 3.14. The second kappa shape index (κ2) is 5.48. The molecule has 1 aliphatic rings. The standard InChI is InChI=1S/C18H19F3N2O/c1-11-5-4-6-12-7-8-13(9-14(11)12)15(18(19,20)21)23-10-17(2,3)16(24)22-23/h4-9,15H,10H2,1-3H3,(H,22,24). The van der Waals surface area contributed by atoms with Gasteiger partial charge >= 0.3 is 6.18 Å². The number of amides is 1. The van der Waals surface area contributed by atoms with Crippen molar-refractivity contribution in [3.63, 3.8) is 0 Å². The molecule has 0 radical (unpaired) electrons. The van der Waals surface area contributed by atoms with Crippen LogP contribution in [0.1, 0.15) is 31.0 Å². The molecule has 1 saturated heterocycles. The highest BCUT2D eigenvalue weighted by Crippen LogP contribution is 2.41. The van der Waals surface area contributed by atoms with Gasteiger partial charge in [-0.15, -0.1) is 0 Å². The van der Waals surface area contributed by atoms with Crippen LogP contribution in [0.5, 0.6) is 0 Å². The van der Waals surface area contributed by atoms with Crippen LogP contribution >= 0.6 is 0 Å². The summed E-state index contributed by atoms with van der Waals surface area (Å²) in [5, 5.41) is 2.68. The minimum absolute atomic E-state index is 0.00180. The molecule has 1 heterocycles. The van der Waals surface area contributed by atoms with E-state index in [2.05, 4.69) is 5.43 Å². The first-order chi connectivity index (χ1) is 11.1. The van der Waals surface area contributed by atoms with Gasteiger partial charge in [0, 0.05) is 6.54 Å². The Kier molecular flexibility index (Phi) is 3.83. The number of hydrazine groups is 1. The van der Waals surface area contributed by atoms with E-state index in [0.717, 1.165) is 21.3 Å². The number of rotatable bonds is 2. The maximum absolute atomic E-state index is 13.7. The summed E-state index contributed by atoms with van der Waals surface area (Å²) in [6.45, 7) is 5.15. The average molecular weight is 336 g/mol. The van der Waals surface area contributed by atoms with Gasteiger partial charge in [-0.1, -0.05) is 30.3 Å². The Hall–Kier alpha value is -2.08. The summed E-state index contributed by atoms with van der Waals surface area (Å²) in [6.07, 6.45) is -4.50. The van der Waals surface area contributed by atoms with Crippen molar-refractivity contribution in [2.45, 2.75) is 33.0 Å². The van der Waals surface area contributed by atoms with Crippen LogP contribution in [-0.4, -0.2) is 23.6 Å². The van der Waals surface area contributed by atoms with Gasteiger partial charge in [-0.05, 0) is 48.7 Å². The Balaban J connectivity index is 2.08. The topological polar surface area (TPSA) is 32.3 Å². The van der Waals surface area contributed by atoms with Crippen molar-refractivity contribution in [3.8, 4) is 0 Å². The fraction of sp³-hybridized carbons (Fsp3) is 0.389. The number of halogens is 3. The van der Waals surface area contributed by atoms with E-state index in [-0.39, 0.29) is 12.1 Å². The van der Waals surface area contributed by atoms with Gasteiger partial charge in [0.1, 0.15) is 6.04 Å². The Morgan fingerprint density at radius 2 is 1.92 bits per heavy atom.